The van der Waals surface area contributed by atoms with Crippen molar-refractivity contribution >= 4 is 23.5 Å². The largest absolute Gasteiger partial charge is 0.337 e. The Kier molecular flexibility index (Phi) is 6.32. The van der Waals surface area contributed by atoms with E-state index in [0.29, 0.717) is 43.5 Å². The molecule has 0 radical (unpaired) electrons. The van der Waals surface area contributed by atoms with E-state index < -0.39 is 0 Å². The maximum absolute atomic E-state index is 12.8. The molecule has 0 aromatic heterocycles. The lowest BCUT2D eigenvalue weighted by Gasteiger charge is -2.24. The average molecular weight is 372 g/mol. The number of nitrogens with zero attached hydrogens (tertiary/aromatic N) is 2. The van der Waals surface area contributed by atoms with Crippen LogP contribution in [0.3, 0.4) is 0 Å². The number of anilines is 1. The minimum absolute atomic E-state index is 0.00383. The molecule has 1 saturated heterocycles. The van der Waals surface area contributed by atoms with Crippen molar-refractivity contribution in [3.05, 3.63) is 29.8 Å². The summed E-state index contributed by atoms with van der Waals surface area (Å²) < 4.78 is 0. The molecule has 2 fully saturated rings. The lowest BCUT2D eigenvalue weighted by Crippen LogP contribution is -2.45. The normalized spacial score (nSPS) is 18.1. The maximum atomic E-state index is 12.8. The van der Waals surface area contributed by atoms with Gasteiger partial charge in [0.15, 0.2) is 0 Å². The Morgan fingerprint density at radius 2 is 1.52 bits per heavy atom. The summed E-state index contributed by atoms with van der Waals surface area (Å²) in [7, 11) is 0. The van der Waals surface area contributed by atoms with Crippen LogP contribution in [0.5, 0.6) is 0 Å². The van der Waals surface area contributed by atoms with E-state index in [0.717, 1.165) is 19.3 Å². The molecule has 2 N–H and O–H groups in total. The van der Waals surface area contributed by atoms with Crippen LogP contribution < -0.4 is 10.6 Å². The Morgan fingerprint density at radius 3 is 2.19 bits per heavy atom. The molecule has 7 nitrogen and oxygen atoms in total. The average Bonchev–Trinajstić information content (AvgIpc) is 3.02. The van der Waals surface area contributed by atoms with Gasteiger partial charge in [0, 0.05) is 50.4 Å². The van der Waals surface area contributed by atoms with Gasteiger partial charge in [0.1, 0.15) is 0 Å². The van der Waals surface area contributed by atoms with Crippen molar-refractivity contribution in [2.75, 3.05) is 31.5 Å². The van der Waals surface area contributed by atoms with E-state index in [1.807, 2.05) is 4.90 Å². The van der Waals surface area contributed by atoms with Crippen molar-refractivity contribution in [1.29, 1.82) is 0 Å². The van der Waals surface area contributed by atoms with E-state index in [1.54, 1.807) is 29.2 Å². The Bertz CT molecular complexity index is 683. The highest BCUT2D eigenvalue weighted by molar-refractivity contribution is 5.95. The van der Waals surface area contributed by atoms with Gasteiger partial charge >= 0.3 is 6.03 Å². The van der Waals surface area contributed by atoms with Crippen LogP contribution in [-0.2, 0) is 4.79 Å². The molecule has 0 unspecified atom stereocenters. The van der Waals surface area contributed by atoms with E-state index in [9.17, 15) is 14.4 Å². The molecule has 146 valence electrons. The highest BCUT2D eigenvalue weighted by Crippen LogP contribution is 2.18. The quantitative estimate of drug-likeness (QED) is 0.855. The summed E-state index contributed by atoms with van der Waals surface area (Å²) in [6.45, 7) is 3.84. The molecule has 1 heterocycles. The third-order valence-electron chi connectivity index (χ3n) is 5.21. The fourth-order valence-electron chi connectivity index (χ4n) is 3.74. The summed E-state index contributed by atoms with van der Waals surface area (Å²) in [5.41, 5.74) is 1.26. The molecule has 1 aromatic carbocycles. The van der Waals surface area contributed by atoms with E-state index in [1.165, 1.54) is 19.8 Å². The van der Waals surface area contributed by atoms with Gasteiger partial charge in [-0.25, -0.2) is 4.79 Å². The van der Waals surface area contributed by atoms with Crippen molar-refractivity contribution in [3.8, 4) is 0 Å². The summed E-state index contributed by atoms with van der Waals surface area (Å²) in [5, 5.41) is 5.82. The first kappa shape index (κ1) is 19.2. The first-order chi connectivity index (χ1) is 13.0. The van der Waals surface area contributed by atoms with Gasteiger partial charge < -0.3 is 20.4 Å². The molecule has 1 aromatic rings. The second-order valence-corrected chi connectivity index (χ2v) is 7.32. The molecule has 0 bridgehead atoms. The van der Waals surface area contributed by atoms with Crippen molar-refractivity contribution in [2.24, 2.45) is 0 Å². The molecule has 0 atom stereocenters. The summed E-state index contributed by atoms with van der Waals surface area (Å²) >= 11 is 0. The molecular weight excluding hydrogens is 344 g/mol. The number of amides is 4. The summed E-state index contributed by atoms with van der Waals surface area (Å²) in [5.74, 6) is -0.181. The highest BCUT2D eigenvalue weighted by atomic mass is 16.2. The van der Waals surface area contributed by atoms with Gasteiger partial charge in [0.25, 0.3) is 5.91 Å². The molecule has 0 spiro atoms. The predicted octanol–water partition coefficient (Wildman–Crippen LogP) is 2.45. The van der Waals surface area contributed by atoms with Gasteiger partial charge in [-0.15, -0.1) is 0 Å². The van der Waals surface area contributed by atoms with Crippen molar-refractivity contribution < 1.29 is 14.4 Å². The van der Waals surface area contributed by atoms with Gasteiger partial charge in [-0.1, -0.05) is 12.8 Å². The van der Waals surface area contributed by atoms with E-state index in [4.69, 9.17) is 0 Å². The highest BCUT2D eigenvalue weighted by Gasteiger charge is 2.25. The van der Waals surface area contributed by atoms with Crippen LogP contribution in [-0.4, -0.2) is 59.9 Å². The zero-order valence-electron chi connectivity index (χ0n) is 15.9. The van der Waals surface area contributed by atoms with Crippen LogP contribution in [0.25, 0.3) is 0 Å². The molecule has 1 aliphatic heterocycles. The second-order valence-electron chi connectivity index (χ2n) is 7.32. The third kappa shape index (κ3) is 5.21. The number of carbonyl (C=O) groups is 3. The molecule has 3 rings (SSSR count). The standard InChI is InChI=1S/C20H28N4O3/c1-15(25)21-18-9-7-16(8-10-18)19(26)23-11-4-12-24(14-13-23)20(27)22-17-5-2-3-6-17/h7-10,17H,2-6,11-14H2,1H3,(H,21,25)(H,22,27). The molecule has 1 aliphatic carbocycles. The van der Waals surface area contributed by atoms with E-state index in [2.05, 4.69) is 10.6 Å². The number of hydrogen-bond acceptors (Lipinski definition) is 3. The molecule has 27 heavy (non-hydrogen) atoms. The van der Waals surface area contributed by atoms with Gasteiger partial charge in [-0.2, -0.15) is 0 Å². The number of carbonyl (C=O) groups excluding carboxylic acids is 3. The number of urea groups is 1. The zero-order valence-corrected chi connectivity index (χ0v) is 15.9. The Hall–Kier alpha value is -2.57. The van der Waals surface area contributed by atoms with Gasteiger partial charge in [-0.05, 0) is 43.5 Å². The van der Waals surface area contributed by atoms with Crippen LogP contribution in [0, 0.1) is 0 Å². The number of rotatable bonds is 3. The first-order valence-electron chi connectivity index (χ1n) is 9.75. The number of nitrogens with one attached hydrogen (secondary N) is 2. The van der Waals surface area contributed by atoms with Crippen LogP contribution >= 0.6 is 0 Å². The van der Waals surface area contributed by atoms with E-state index >= 15 is 0 Å². The lowest BCUT2D eigenvalue weighted by molar-refractivity contribution is -0.114. The number of hydrogen-bond donors (Lipinski definition) is 2. The van der Waals surface area contributed by atoms with Crippen LogP contribution in [0.4, 0.5) is 10.5 Å². The monoisotopic (exact) mass is 372 g/mol. The Morgan fingerprint density at radius 1 is 0.889 bits per heavy atom. The topological polar surface area (TPSA) is 81.8 Å². The molecule has 1 saturated carbocycles. The van der Waals surface area contributed by atoms with Gasteiger partial charge in [0.05, 0.1) is 0 Å². The Labute approximate surface area is 160 Å². The van der Waals surface area contributed by atoms with Crippen molar-refractivity contribution in [2.45, 2.75) is 45.1 Å². The van der Waals surface area contributed by atoms with Crippen LogP contribution in [0.2, 0.25) is 0 Å². The van der Waals surface area contributed by atoms with Crippen molar-refractivity contribution in [3.63, 3.8) is 0 Å². The van der Waals surface area contributed by atoms with Gasteiger partial charge in [0.2, 0.25) is 5.91 Å². The second kappa shape index (κ2) is 8.88. The minimum atomic E-state index is -0.141. The minimum Gasteiger partial charge on any atom is -0.337 e. The van der Waals surface area contributed by atoms with Gasteiger partial charge in [-0.3, -0.25) is 9.59 Å². The van der Waals surface area contributed by atoms with Crippen LogP contribution in [0.15, 0.2) is 24.3 Å². The summed E-state index contributed by atoms with van der Waals surface area (Å²) in [4.78, 5) is 39.9. The summed E-state index contributed by atoms with van der Waals surface area (Å²) in [6.07, 6.45) is 5.28. The van der Waals surface area contributed by atoms with E-state index in [-0.39, 0.29) is 17.8 Å². The molecule has 7 heteroatoms. The smallest absolute Gasteiger partial charge is 0.317 e. The first-order valence-corrected chi connectivity index (χ1v) is 9.75. The third-order valence-corrected chi connectivity index (χ3v) is 5.21. The fraction of sp³-hybridized carbons (Fsp3) is 0.550. The molecule has 2 aliphatic rings. The SMILES string of the molecule is CC(=O)Nc1ccc(C(=O)N2CCCN(C(=O)NC3CCCC3)CC2)cc1. The Balaban J connectivity index is 1.54. The fourth-order valence-corrected chi connectivity index (χ4v) is 3.74. The van der Waals surface area contributed by atoms with Crippen molar-refractivity contribution in [1.82, 2.24) is 15.1 Å². The molecular formula is C20H28N4O3. The lowest BCUT2D eigenvalue weighted by atomic mass is 10.1. The number of benzene rings is 1. The van der Waals surface area contributed by atoms with Crippen LogP contribution in [0.1, 0.15) is 49.4 Å². The summed E-state index contributed by atoms with van der Waals surface area (Å²) in [6, 6.07) is 7.21. The molecule has 4 amide bonds. The predicted molar refractivity (Wildman–Crippen MR) is 104 cm³/mol. The maximum Gasteiger partial charge on any atom is 0.317 e. The zero-order chi connectivity index (χ0) is 19.2.